The Bertz CT molecular complexity index is 1030. The van der Waals surface area contributed by atoms with Gasteiger partial charge in [-0.2, -0.15) is 0 Å². The van der Waals surface area contributed by atoms with Gasteiger partial charge in [0.15, 0.2) is 5.76 Å². The molecule has 2 aliphatic rings. The fourth-order valence-corrected chi connectivity index (χ4v) is 4.80. The van der Waals surface area contributed by atoms with Crippen molar-refractivity contribution in [2.24, 2.45) is 5.41 Å². The van der Waals surface area contributed by atoms with E-state index in [0.29, 0.717) is 25.8 Å². The average molecular weight is 512 g/mol. The van der Waals surface area contributed by atoms with Crippen LogP contribution in [0.3, 0.4) is 0 Å². The highest BCUT2D eigenvalue weighted by atomic mass is 16.5. The fraction of sp³-hybridized carbons (Fsp3) is 0.567. The summed E-state index contributed by atoms with van der Waals surface area (Å²) in [6, 6.07) is 8.94. The zero-order valence-corrected chi connectivity index (χ0v) is 22.9. The van der Waals surface area contributed by atoms with Gasteiger partial charge >= 0.3 is 5.97 Å². The first-order valence-corrected chi connectivity index (χ1v) is 13.3. The molecular formula is C30H41NO6. The van der Waals surface area contributed by atoms with Crippen LogP contribution in [0.1, 0.15) is 83.8 Å². The van der Waals surface area contributed by atoms with Crippen molar-refractivity contribution in [3.05, 3.63) is 59.1 Å². The summed E-state index contributed by atoms with van der Waals surface area (Å²) in [5.74, 6) is 0.0925. The van der Waals surface area contributed by atoms with Gasteiger partial charge in [0, 0.05) is 18.4 Å². The molecule has 0 unspecified atom stereocenters. The Morgan fingerprint density at radius 2 is 1.78 bits per heavy atom. The predicted molar refractivity (Wildman–Crippen MR) is 141 cm³/mol. The minimum atomic E-state index is -0.762. The summed E-state index contributed by atoms with van der Waals surface area (Å²) >= 11 is 0. The summed E-state index contributed by atoms with van der Waals surface area (Å²) in [6.07, 6.45) is 7.13. The Balaban J connectivity index is 1.76. The molecule has 1 heterocycles. The van der Waals surface area contributed by atoms with Gasteiger partial charge in [0.2, 0.25) is 5.78 Å². The minimum absolute atomic E-state index is 0.390. The molecule has 1 aliphatic carbocycles. The number of allylic oxidation sites excluding steroid dienone is 3. The zero-order chi connectivity index (χ0) is 27.0. The number of amides is 1. The number of ether oxygens (including phenoxy) is 3. The van der Waals surface area contributed by atoms with E-state index >= 15 is 0 Å². The van der Waals surface area contributed by atoms with E-state index in [9.17, 15) is 14.4 Å². The number of nitrogens with zero attached hydrogens (tertiary/aromatic N) is 1. The van der Waals surface area contributed by atoms with E-state index in [0.717, 1.165) is 49.2 Å². The Morgan fingerprint density at radius 3 is 2.43 bits per heavy atom. The van der Waals surface area contributed by atoms with Gasteiger partial charge < -0.3 is 19.1 Å². The number of ketones is 1. The Hall–Kier alpha value is -3.09. The summed E-state index contributed by atoms with van der Waals surface area (Å²) < 4.78 is 17.0. The van der Waals surface area contributed by atoms with Gasteiger partial charge in [-0.05, 0) is 56.6 Å². The molecule has 0 radical (unpaired) electrons. The van der Waals surface area contributed by atoms with Crippen molar-refractivity contribution in [2.75, 3.05) is 20.8 Å². The van der Waals surface area contributed by atoms with Crippen molar-refractivity contribution in [1.82, 2.24) is 4.90 Å². The van der Waals surface area contributed by atoms with Crippen LogP contribution in [-0.4, -0.2) is 49.4 Å². The molecular weight excluding hydrogens is 470 g/mol. The quantitative estimate of drug-likeness (QED) is 0.282. The third kappa shape index (κ3) is 7.02. The number of benzene rings is 1. The first-order chi connectivity index (χ1) is 17.7. The van der Waals surface area contributed by atoms with Crippen LogP contribution in [0, 0.1) is 5.41 Å². The number of hydrogen-bond donors (Lipinski definition) is 0. The third-order valence-corrected chi connectivity index (χ3v) is 7.64. The van der Waals surface area contributed by atoms with Gasteiger partial charge in [-0.15, -0.1) is 0 Å². The van der Waals surface area contributed by atoms with Crippen molar-refractivity contribution in [1.29, 1.82) is 0 Å². The molecule has 0 saturated carbocycles. The summed E-state index contributed by atoms with van der Waals surface area (Å²) in [6.45, 7) is 5.83. The zero-order valence-electron chi connectivity index (χ0n) is 22.9. The average Bonchev–Trinajstić information content (AvgIpc) is 2.94. The van der Waals surface area contributed by atoms with Gasteiger partial charge in [-0.1, -0.05) is 56.7 Å². The minimum Gasteiger partial charge on any atom is -0.497 e. The Morgan fingerprint density at radius 1 is 1.05 bits per heavy atom. The van der Waals surface area contributed by atoms with Crippen LogP contribution < -0.4 is 0 Å². The fourth-order valence-electron chi connectivity index (χ4n) is 4.80. The lowest BCUT2D eigenvalue weighted by Crippen LogP contribution is -2.53. The molecule has 0 bridgehead atoms. The Labute approximate surface area is 220 Å². The van der Waals surface area contributed by atoms with Crippen LogP contribution >= 0.6 is 0 Å². The van der Waals surface area contributed by atoms with Crippen LogP contribution in [0.15, 0.2) is 53.5 Å². The second-order valence-electron chi connectivity index (χ2n) is 10.4. The second kappa shape index (κ2) is 12.9. The van der Waals surface area contributed by atoms with E-state index in [4.69, 9.17) is 14.2 Å². The van der Waals surface area contributed by atoms with Crippen molar-refractivity contribution in [3.8, 4) is 0 Å². The maximum Gasteiger partial charge on any atom is 0.329 e. The molecule has 7 heteroatoms. The molecule has 0 spiro atoms. The van der Waals surface area contributed by atoms with Gasteiger partial charge in [-0.3, -0.25) is 9.59 Å². The molecule has 1 aromatic carbocycles. The van der Waals surface area contributed by atoms with E-state index in [1.807, 2.05) is 43.3 Å². The smallest absolute Gasteiger partial charge is 0.329 e. The van der Waals surface area contributed by atoms with Gasteiger partial charge in [0.25, 0.3) is 5.91 Å². The maximum atomic E-state index is 13.5. The van der Waals surface area contributed by atoms with E-state index in [-0.39, 0.29) is 0 Å². The highest BCUT2D eigenvalue weighted by Gasteiger charge is 2.41. The molecule has 37 heavy (non-hydrogen) atoms. The van der Waals surface area contributed by atoms with Crippen LogP contribution in [0.5, 0.6) is 0 Å². The van der Waals surface area contributed by atoms with Gasteiger partial charge in [0.05, 0.1) is 14.2 Å². The van der Waals surface area contributed by atoms with Crippen LogP contribution in [0.25, 0.3) is 0 Å². The van der Waals surface area contributed by atoms with Gasteiger partial charge in [-0.25, -0.2) is 4.79 Å². The van der Waals surface area contributed by atoms with Gasteiger partial charge in [0.1, 0.15) is 17.9 Å². The van der Waals surface area contributed by atoms with E-state index in [1.165, 1.54) is 10.5 Å². The molecule has 0 aromatic heterocycles. The normalized spacial score (nSPS) is 19.1. The SMILES string of the molecule is CCC(C)(C)C(=O)C(=O)N1CCCC[C@H]1C(=O)O[C@H](CCC1=CC(OC)=C(OC)CC1)c1ccccc1. The molecule has 1 amide bonds. The van der Waals surface area contributed by atoms with Crippen molar-refractivity contribution >= 4 is 17.7 Å². The first-order valence-electron chi connectivity index (χ1n) is 13.3. The standard InChI is InChI=1S/C30H41NO6/c1-6-30(2,3)27(32)28(33)31-19-11-10-14-23(31)29(34)37-24(22-12-8-7-9-13-22)17-15-21-16-18-25(35-4)26(20-21)36-5/h7-9,12-13,20,23-24H,6,10-11,14-19H2,1-5H3/t23-,24+/m0/s1. The second-order valence-corrected chi connectivity index (χ2v) is 10.4. The maximum absolute atomic E-state index is 13.5. The van der Waals surface area contributed by atoms with E-state index < -0.39 is 35.2 Å². The Kier molecular flexibility index (Phi) is 9.95. The number of esters is 1. The molecule has 7 nitrogen and oxygen atoms in total. The molecule has 3 rings (SSSR count). The highest BCUT2D eigenvalue weighted by Crippen LogP contribution is 2.33. The number of hydrogen-bond acceptors (Lipinski definition) is 6. The van der Waals surface area contributed by atoms with Crippen molar-refractivity contribution in [3.63, 3.8) is 0 Å². The largest absolute Gasteiger partial charge is 0.497 e. The lowest BCUT2D eigenvalue weighted by molar-refractivity contribution is -0.164. The predicted octanol–water partition coefficient (Wildman–Crippen LogP) is 5.66. The first kappa shape index (κ1) is 28.5. The summed E-state index contributed by atoms with van der Waals surface area (Å²) in [7, 11) is 3.28. The number of methoxy groups -OCH3 is 2. The number of carbonyl (C=O) groups is 3. The third-order valence-electron chi connectivity index (χ3n) is 7.64. The lowest BCUT2D eigenvalue weighted by atomic mass is 9.84. The number of carbonyl (C=O) groups excluding carboxylic acids is 3. The summed E-state index contributed by atoms with van der Waals surface area (Å²) in [4.78, 5) is 41.0. The molecule has 1 aromatic rings. The van der Waals surface area contributed by atoms with E-state index in [2.05, 4.69) is 0 Å². The molecule has 2 atom stereocenters. The highest BCUT2D eigenvalue weighted by molar-refractivity contribution is 6.38. The number of piperidine rings is 1. The molecule has 0 N–H and O–H groups in total. The van der Waals surface area contributed by atoms with E-state index in [1.54, 1.807) is 28.1 Å². The monoisotopic (exact) mass is 511 g/mol. The van der Waals surface area contributed by atoms with Crippen LogP contribution in [-0.2, 0) is 28.6 Å². The van der Waals surface area contributed by atoms with Crippen LogP contribution in [0.4, 0.5) is 0 Å². The lowest BCUT2D eigenvalue weighted by Gasteiger charge is -2.36. The molecule has 1 fully saturated rings. The topological polar surface area (TPSA) is 82.1 Å². The number of rotatable bonds is 11. The van der Waals surface area contributed by atoms with Crippen molar-refractivity contribution < 1.29 is 28.6 Å². The molecule has 1 saturated heterocycles. The van der Waals surface area contributed by atoms with Crippen LogP contribution in [0.2, 0.25) is 0 Å². The molecule has 202 valence electrons. The number of likely N-dealkylation sites (tertiary alicyclic amines) is 1. The van der Waals surface area contributed by atoms with Crippen molar-refractivity contribution in [2.45, 2.75) is 84.3 Å². The molecule has 1 aliphatic heterocycles. The summed E-state index contributed by atoms with van der Waals surface area (Å²) in [5, 5.41) is 0. The summed E-state index contributed by atoms with van der Waals surface area (Å²) in [5.41, 5.74) is 1.35. The number of Topliss-reactive ketones (excluding diaryl/α,β-unsaturated/α-hetero) is 1.